The molecule has 5 nitrogen and oxygen atoms in total. The van der Waals surface area contributed by atoms with E-state index in [0.717, 1.165) is 24.4 Å². The van der Waals surface area contributed by atoms with Crippen LogP contribution in [0.4, 0.5) is 8.78 Å². The van der Waals surface area contributed by atoms with Gasteiger partial charge >= 0.3 is 0 Å². The summed E-state index contributed by atoms with van der Waals surface area (Å²) in [4.78, 5) is 9.05. The summed E-state index contributed by atoms with van der Waals surface area (Å²) in [7, 11) is 0. The molecule has 3 aliphatic rings. The first-order valence-electron chi connectivity index (χ1n) is 10.2. The fraction of sp³-hybridized carbons (Fsp3) is 0.800. The Labute approximate surface area is 158 Å². The smallest absolute Gasteiger partial charge is 0.248 e. The van der Waals surface area contributed by atoms with Crippen molar-refractivity contribution in [3.05, 3.63) is 23.8 Å². The van der Waals surface area contributed by atoms with Gasteiger partial charge in [0.2, 0.25) is 5.92 Å². The van der Waals surface area contributed by atoms with Crippen molar-refractivity contribution in [2.75, 3.05) is 6.61 Å². The normalized spacial score (nSPS) is 34.1. The highest BCUT2D eigenvalue weighted by Gasteiger charge is 2.44. The lowest BCUT2D eigenvalue weighted by Crippen LogP contribution is -2.45. The van der Waals surface area contributed by atoms with Crippen LogP contribution in [0.1, 0.15) is 62.4 Å². The average molecular weight is 381 g/mol. The molecule has 3 saturated carbocycles. The predicted molar refractivity (Wildman–Crippen MR) is 96.5 cm³/mol. The lowest BCUT2D eigenvalue weighted by atomic mass is 9.87. The minimum atomic E-state index is -2.54. The van der Waals surface area contributed by atoms with Crippen LogP contribution in [-0.4, -0.2) is 50.9 Å². The zero-order valence-electron chi connectivity index (χ0n) is 15.5. The lowest BCUT2D eigenvalue weighted by molar-refractivity contribution is -0.0417. The number of aromatic nitrogens is 2. The van der Waals surface area contributed by atoms with Gasteiger partial charge in [-0.1, -0.05) is 0 Å². The molecule has 0 unspecified atom stereocenters. The largest absolute Gasteiger partial charge is 0.396 e. The second kappa shape index (κ2) is 7.68. The van der Waals surface area contributed by atoms with E-state index < -0.39 is 12.0 Å². The fourth-order valence-corrected chi connectivity index (χ4v) is 4.75. The van der Waals surface area contributed by atoms with Crippen molar-refractivity contribution in [1.29, 1.82) is 0 Å². The van der Waals surface area contributed by atoms with Gasteiger partial charge in [0.15, 0.2) is 0 Å². The van der Waals surface area contributed by atoms with E-state index in [2.05, 4.69) is 10.3 Å². The summed E-state index contributed by atoms with van der Waals surface area (Å²) in [5, 5.41) is 23.8. The molecule has 1 aromatic rings. The standard InChI is InChI=1S/C20H29F2N3O2/c21-20(22)6-3-13(4-7-20)24-17-10-18(27)16(11-26)15(17)9-14-5-8-23-19(25-14)12-1-2-12/h5,8,12-13,15-18,24,26-27H,1-4,6-7,9-11H2/t15-,16-,17-,18-/m1/s1. The molecular weight excluding hydrogens is 352 g/mol. The Balaban J connectivity index is 1.44. The molecule has 7 heteroatoms. The van der Waals surface area contributed by atoms with E-state index in [1.807, 2.05) is 6.07 Å². The quantitative estimate of drug-likeness (QED) is 0.705. The van der Waals surface area contributed by atoms with Crippen LogP contribution in [-0.2, 0) is 6.42 Å². The monoisotopic (exact) mass is 381 g/mol. The number of halogens is 2. The SMILES string of the molecule is OC[C@@H]1[C@@H](Cc2ccnc(C3CC3)n2)[C@H](NC2CCC(F)(F)CC2)C[C@H]1O. The van der Waals surface area contributed by atoms with Gasteiger partial charge in [-0.3, -0.25) is 0 Å². The Kier molecular flexibility index (Phi) is 5.45. The maximum atomic E-state index is 13.4. The number of rotatable bonds is 6. The first kappa shape index (κ1) is 19.2. The van der Waals surface area contributed by atoms with Crippen molar-refractivity contribution < 1.29 is 19.0 Å². The minimum Gasteiger partial charge on any atom is -0.396 e. The Morgan fingerprint density at radius 3 is 2.56 bits per heavy atom. The third-order valence-corrected chi connectivity index (χ3v) is 6.55. The molecule has 4 atom stereocenters. The molecule has 0 bridgehead atoms. The van der Waals surface area contributed by atoms with Crippen LogP contribution in [0, 0.1) is 11.8 Å². The van der Waals surface area contributed by atoms with Crippen molar-refractivity contribution in [3.63, 3.8) is 0 Å². The second-order valence-electron chi connectivity index (χ2n) is 8.60. The molecule has 0 radical (unpaired) electrons. The van der Waals surface area contributed by atoms with Crippen molar-refractivity contribution in [2.24, 2.45) is 11.8 Å². The fourth-order valence-electron chi connectivity index (χ4n) is 4.75. The summed E-state index contributed by atoms with van der Waals surface area (Å²) < 4.78 is 26.9. The molecule has 0 aromatic carbocycles. The summed E-state index contributed by atoms with van der Waals surface area (Å²) in [6.45, 7) is -0.0761. The summed E-state index contributed by atoms with van der Waals surface area (Å²) in [5.74, 6) is -1.35. The Bertz CT molecular complexity index is 646. The Hall–Kier alpha value is -1.18. The topological polar surface area (TPSA) is 78.3 Å². The van der Waals surface area contributed by atoms with Gasteiger partial charge in [-0.25, -0.2) is 18.7 Å². The van der Waals surface area contributed by atoms with Gasteiger partial charge in [-0.15, -0.1) is 0 Å². The van der Waals surface area contributed by atoms with E-state index in [1.54, 1.807) is 6.20 Å². The van der Waals surface area contributed by atoms with Crippen LogP contribution < -0.4 is 5.32 Å². The van der Waals surface area contributed by atoms with Crippen LogP contribution >= 0.6 is 0 Å². The molecule has 150 valence electrons. The van der Waals surface area contributed by atoms with Gasteiger partial charge < -0.3 is 15.5 Å². The Morgan fingerprint density at radius 2 is 1.89 bits per heavy atom. The van der Waals surface area contributed by atoms with E-state index >= 15 is 0 Å². The predicted octanol–water partition coefficient (Wildman–Crippen LogP) is 2.42. The number of nitrogens with one attached hydrogen (secondary N) is 1. The molecule has 3 aliphatic carbocycles. The van der Waals surface area contributed by atoms with E-state index in [0.29, 0.717) is 31.6 Å². The van der Waals surface area contributed by atoms with Crippen molar-refractivity contribution >= 4 is 0 Å². The molecule has 27 heavy (non-hydrogen) atoms. The zero-order valence-corrected chi connectivity index (χ0v) is 15.5. The summed E-state index contributed by atoms with van der Waals surface area (Å²) in [5.41, 5.74) is 0.937. The molecule has 4 rings (SSSR count). The molecule has 1 heterocycles. The summed E-state index contributed by atoms with van der Waals surface area (Å²) in [6, 6.07) is 1.96. The molecule has 0 aliphatic heterocycles. The van der Waals surface area contributed by atoms with E-state index in [9.17, 15) is 19.0 Å². The van der Waals surface area contributed by atoms with E-state index in [-0.39, 0.29) is 43.4 Å². The first-order chi connectivity index (χ1) is 12.9. The molecular formula is C20H29F2N3O2. The van der Waals surface area contributed by atoms with Crippen LogP contribution in [0.3, 0.4) is 0 Å². The number of alkyl halides is 2. The molecule has 1 aromatic heterocycles. The van der Waals surface area contributed by atoms with Crippen LogP contribution in [0.15, 0.2) is 12.3 Å². The number of hydrogen-bond donors (Lipinski definition) is 3. The van der Waals surface area contributed by atoms with Gasteiger partial charge in [-0.2, -0.15) is 0 Å². The van der Waals surface area contributed by atoms with Crippen LogP contribution in [0.5, 0.6) is 0 Å². The highest BCUT2D eigenvalue weighted by molar-refractivity contribution is 5.12. The van der Waals surface area contributed by atoms with Crippen molar-refractivity contribution in [2.45, 2.75) is 81.4 Å². The number of aliphatic hydroxyl groups excluding tert-OH is 2. The van der Waals surface area contributed by atoms with Crippen LogP contribution in [0.25, 0.3) is 0 Å². The number of nitrogens with zero attached hydrogens (tertiary/aromatic N) is 2. The summed E-state index contributed by atoms with van der Waals surface area (Å²) in [6.07, 6.45) is 5.45. The highest BCUT2D eigenvalue weighted by Crippen LogP contribution is 2.39. The summed E-state index contributed by atoms with van der Waals surface area (Å²) >= 11 is 0. The van der Waals surface area contributed by atoms with Crippen molar-refractivity contribution in [3.8, 4) is 0 Å². The maximum absolute atomic E-state index is 13.4. The maximum Gasteiger partial charge on any atom is 0.248 e. The van der Waals surface area contributed by atoms with E-state index in [4.69, 9.17) is 4.98 Å². The molecule has 0 saturated heterocycles. The van der Waals surface area contributed by atoms with Crippen molar-refractivity contribution in [1.82, 2.24) is 15.3 Å². The highest BCUT2D eigenvalue weighted by atomic mass is 19.3. The van der Waals surface area contributed by atoms with Gasteiger partial charge in [-0.05, 0) is 50.5 Å². The lowest BCUT2D eigenvalue weighted by Gasteiger charge is -2.33. The number of aliphatic hydroxyl groups is 2. The van der Waals surface area contributed by atoms with Gasteiger partial charge in [0.1, 0.15) is 5.82 Å². The average Bonchev–Trinajstić information content (AvgIpc) is 3.44. The third-order valence-electron chi connectivity index (χ3n) is 6.55. The van der Waals surface area contributed by atoms with Gasteiger partial charge in [0, 0.05) is 55.3 Å². The zero-order chi connectivity index (χ0) is 19.0. The minimum absolute atomic E-state index is 0.00760. The third kappa shape index (κ3) is 4.46. The molecule has 3 fully saturated rings. The first-order valence-corrected chi connectivity index (χ1v) is 10.2. The van der Waals surface area contributed by atoms with E-state index in [1.165, 1.54) is 0 Å². The Morgan fingerprint density at radius 1 is 1.15 bits per heavy atom. The molecule has 0 amide bonds. The van der Waals surface area contributed by atoms with Gasteiger partial charge in [0.25, 0.3) is 0 Å². The number of hydrogen-bond acceptors (Lipinski definition) is 5. The van der Waals surface area contributed by atoms with Gasteiger partial charge in [0.05, 0.1) is 6.10 Å². The molecule has 3 N–H and O–H groups in total. The second-order valence-corrected chi connectivity index (χ2v) is 8.60. The molecule has 0 spiro atoms. The van der Waals surface area contributed by atoms with Crippen LogP contribution in [0.2, 0.25) is 0 Å².